The number of carboxylic acids is 2. The average Bonchev–Trinajstić information content (AvgIpc) is 2.43. The van der Waals surface area contributed by atoms with E-state index < -0.39 is 11.9 Å². The molecule has 0 aromatic heterocycles. The quantitative estimate of drug-likeness (QED) is 0.775. The third-order valence-corrected chi connectivity index (χ3v) is 4.52. The molecule has 0 bridgehead atoms. The smallest absolute Gasteiger partial charge is 0.336 e. The number of rotatable bonds is 4. The van der Waals surface area contributed by atoms with Crippen LogP contribution >= 0.6 is 22.6 Å². The molecule has 0 saturated heterocycles. The summed E-state index contributed by atoms with van der Waals surface area (Å²) >= 11 is 2.23. The van der Waals surface area contributed by atoms with Crippen molar-refractivity contribution in [2.45, 2.75) is 13.3 Å². The second-order valence-electron chi connectivity index (χ2n) is 4.68. The van der Waals surface area contributed by atoms with E-state index in [1.807, 2.05) is 25.1 Å². The van der Waals surface area contributed by atoms with Gasteiger partial charge in [0.15, 0.2) is 0 Å². The molecule has 0 heterocycles. The lowest BCUT2D eigenvalue weighted by atomic mass is 9.95. The Morgan fingerprint density at radius 2 is 1.76 bits per heavy atom. The molecule has 0 saturated carbocycles. The predicted molar refractivity (Wildman–Crippen MR) is 87.1 cm³/mol. The molecule has 4 nitrogen and oxygen atoms in total. The summed E-state index contributed by atoms with van der Waals surface area (Å²) in [5, 5.41) is 18.2. The van der Waals surface area contributed by atoms with Gasteiger partial charge in [-0.05, 0) is 70.8 Å². The molecular weight excluding hydrogens is 383 g/mol. The summed E-state index contributed by atoms with van der Waals surface area (Å²) in [7, 11) is 0. The van der Waals surface area contributed by atoms with Crippen LogP contribution in [0.2, 0.25) is 0 Å². The molecule has 0 amide bonds. The standard InChI is InChI=1S/C16H13IO4/c1-9-10(3-2-4-14(9)17)7-11-5-6-12(15(18)19)8-13(11)16(20)21/h2-6,8H,7H2,1H3,(H,18,19)(H,20,21). The van der Waals surface area contributed by atoms with Crippen molar-refractivity contribution in [3.8, 4) is 0 Å². The fourth-order valence-corrected chi connectivity index (χ4v) is 2.67. The zero-order valence-corrected chi connectivity index (χ0v) is 13.4. The average molecular weight is 396 g/mol. The van der Waals surface area contributed by atoms with Crippen LogP contribution in [0.5, 0.6) is 0 Å². The third-order valence-electron chi connectivity index (χ3n) is 3.35. The lowest BCUT2D eigenvalue weighted by Crippen LogP contribution is -2.07. The number of hydrogen-bond donors (Lipinski definition) is 2. The molecule has 0 aliphatic heterocycles. The molecule has 2 rings (SSSR count). The fraction of sp³-hybridized carbons (Fsp3) is 0.125. The maximum atomic E-state index is 11.3. The van der Waals surface area contributed by atoms with Gasteiger partial charge in [0.2, 0.25) is 0 Å². The molecule has 2 N–H and O–H groups in total. The lowest BCUT2D eigenvalue weighted by Gasteiger charge is -2.11. The Morgan fingerprint density at radius 3 is 2.38 bits per heavy atom. The molecule has 0 radical (unpaired) electrons. The monoisotopic (exact) mass is 396 g/mol. The van der Waals surface area contributed by atoms with Gasteiger partial charge in [0.1, 0.15) is 0 Å². The molecule has 5 heteroatoms. The maximum absolute atomic E-state index is 11.3. The molecule has 0 aliphatic carbocycles. The van der Waals surface area contributed by atoms with Crippen LogP contribution in [0.4, 0.5) is 0 Å². The molecule has 2 aromatic carbocycles. The van der Waals surface area contributed by atoms with Crippen molar-refractivity contribution in [3.05, 3.63) is 67.8 Å². The maximum Gasteiger partial charge on any atom is 0.336 e. The van der Waals surface area contributed by atoms with Crippen LogP contribution < -0.4 is 0 Å². The Balaban J connectivity index is 2.46. The van der Waals surface area contributed by atoms with Gasteiger partial charge < -0.3 is 10.2 Å². The number of carboxylic acid groups (broad SMARTS) is 2. The summed E-state index contributed by atoms with van der Waals surface area (Å²) in [6.07, 6.45) is 0.463. The van der Waals surface area contributed by atoms with E-state index in [1.165, 1.54) is 12.1 Å². The van der Waals surface area contributed by atoms with Gasteiger partial charge >= 0.3 is 11.9 Å². The summed E-state index contributed by atoms with van der Waals surface area (Å²) in [6.45, 7) is 1.99. The van der Waals surface area contributed by atoms with Gasteiger partial charge in [0.05, 0.1) is 11.1 Å². The predicted octanol–water partition coefficient (Wildman–Crippen LogP) is 3.59. The molecule has 108 valence electrons. The van der Waals surface area contributed by atoms with E-state index in [9.17, 15) is 14.7 Å². The minimum Gasteiger partial charge on any atom is -0.478 e. The Morgan fingerprint density at radius 1 is 1.05 bits per heavy atom. The summed E-state index contributed by atoms with van der Waals surface area (Å²) in [5.74, 6) is -2.24. The molecule has 0 atom stereocenters. The zero-order chi connectivity index (χ0) is 15.6. The van der Waals surface area contributed by atoms with Gasteiger partial charge in [-0.2, -0.15) is 0 Å². The van der Waals surface area contributed by atoms with Gasteiger partial charge in [-0.1, -0.05) is 18.2 Å². The molecule has 0 fully saturated rings. The van der Waals surface area contributed by atoms with E-state index in [0.717, 1.165) is 14.7 Å². The second kappa shape index (κ2) is 6.26. The van der Waals surface area contributed by atoms with Gasteiger partial charge in [0.25, 0.3) is 0 Å². The third kappa shape index (κ3) is 3.41. The minimum absolute atomic E-state index is 0.0180. The first kappa shape index (κ1) is 15.5. The van der Waals surface area contributed by atoms with Crippen molar-refractivity contribution in [3.63, 3.8) is 0 Å². The minimum atomic E-state index is -1.13. The number of aromatic carboxylic acids is 2. The van der Waals surface area contributed by atoms with Crippen molar-refractivity contribution >= 4 is 34.5 Å². The van der Waals surface area contributed by atoms with Crippen LogP contribution in [0.1, 0.15) is 37.4 Å². The van der Waals surface area contributed by atoms with Crippen LogP contribution in [-0.2, 0) is 6.42 Å². The van der Waals surface area contributed by atoms with Crippen molar-refractivity contribution in [1.29, 1.82) is 0 Å². The van der Waals surface area contributed by atoms with E-state index in [0.29, 0.717) is 12.0 Å². The Hall–Kier alpha value is -1.89. The Bertz CT molecular complexity index is 722. The Labute approximate surface area is 135 Å². The highest BCUT2D eigenvalue weighted by Gasteiger charge is 2.15. The van der Waals surface area contributed by atoms with Crippen molar-refractivity contribution in [2.75, 3.05) is 0 Å². The van der Waals surface area contributed by atoms with E-state index in [1.54, 1.807) is 6.07 Å². The van der Waals surface area contributed by atoms with Crippen LogP contribution in [0.3, 0.4) is 0 Å². The van der Waals surface area contributed by atoms with Crippen LogP contribution in [-0.4, -0.2) is 22.2 Å². The molecule has 2 aromatic rings. The van der Waals surface area contributed by atoms with E-state index >= 15 is 0 Å². The zero-order valence-electron chi connectivity index (χ0n) is 11.3. The van der Waals surface area contributed by atoms with Crippen molar-refractivity contribution in [2.24, 2.45) is 0 Å². The summed E-state index contributed by atoms with van der Waals surface area (Å²) in [4.78, 5) is 22.3. The van der Waals surface area contributed by atoms with E-state index in [4.69, 9.17) is 5.11 Å². The highest BCUT2D eigenvalue weighted by atomic mass is 127. The molecule has 0 unspecified atom stereocenters. The van der Waals surface area contributed by atoms with Crippen LogP contribution in [0.15, 0.2) is 36.4 Å². The summed E-state index contributed by atoms with van der Waals surface area (Å²) < 4.78 is 1.11. The number of halogens is 1. The SMILES string of the molecule is Cc1c(I)cccc1Cc1ccc(C(=O)O)cc1C(=O)O. The van der Waals surface area contributed by atoms with Gasteiger partial charge in [-0.15, -0.1) is 0 Å². The van der Waals surface area contributed by atoms with E-state index in [2.05, 4.69) is 22.6 Å². The number of hydrogen-bond acceptors (Lipinski definition) is 2. The van der Waals surface area contributed by atoms with Gasteiger partial charge in [0, 0.05) is 3.57 Å². The highest BCUT2D eigenvalue weighted by molar-refractivity contribution is 14.1. The first-order valence-electron chi connectivity index (χ1n) is 6.23. The van der Waals surface area contributed by atoms with Crippen molar-refractivity contribution < 1.29 is 19.8 Å². The number of carbonyl (C=O) groups is 2. The van der Waals surface area contributed by atoms with Crippen LogP contribution in [0, 0.1) is 10.5 Å². The fourth-order valence-electron chi connectivity index (χ4n) is 2.11. The topological polar surface area (TPSA) is 74.6 Å². The first-order valence-corrected chi connectivity index (χ1v) is 7.31. The first-order chi connectivity index (χ1) is 9.90. The van der Waals surface area contributed by atoms with Crippen molar-refractivity contribution in [1.82, 2.24) is 0 Å². The molecule has 0 aliphatic rings. The lowest BCUT2D eigenvalue weighted by molar-refractivity contribution is 0.0695. The highest BCUT2D eigenvalue weighted by Crippen LogP contribution is 2.22. The summed E-state index contributed by atoms with van der Waals surface area (Å²) in [5.41, 5.74) is 2.77. The number of benzene rings is 2. The summed E-state index contributed by atoms with van der Waals surface area (Å²) in [6, 6.07) is 10.1. The van der Waals surface area contributed by atoms with Gasteiger partial charge in [-0.3, -0.25) is 0 Å². The largest absolute Gasteiger partial charge is 0.478 e. The normalized spacial score (nSPS) is 10.4. The molecule has 0 spiro atoms. The molecular formula is C16H13IO4. The Kier molecular flexibility index (Phi) is 4.62. The second-order valence-corrected chi connectivity index (χ2v) is 5.85. The van der Waals surface area contributed by atoms with E-state index in [-0.39, 0.29) is 11.1 Å². The van der Waals surface area contributed by atoms with Gasteiger partial charge in [-0.25, -0.2) is 9.59 Å². The molecule has 21 heavy (non-hydrogen) atoms. The van der Waals surface area contributed by atoms with Crippen LogP contribution in [0.25, 0.3) is 0 Å².